The second kappa shape index (κ2) is 27.3. The van der Waals surface area contributed by atoms with Gasteiger partial charge in [0.15, 0.2) is 0 Å². The molecule has 0 bridgehead atoms. The van der Waals surface area contributed by atoms with E-state index in [0.29, 0.717) is 119 Å². The minimum atomic E-state index is 0.522. The fraction of sp³-hybridized carbons (Fsp3) is 0.760. The molecule has 204 valence electrons. The van der Waals surface area contributed by atoms with E-state index < -0.39 is 0 Å². The van der Waals surface area contributed by atoms with E-state index in [-0.39, 0.29) is 0 Å². The minimum Gasteiger partial charge on any atom is -0.491 e. The summed E-state index contributed by atoms with van der Waals surface area (Å²) in [6.07, 6.45) is 0. The Bertz CT molecular complexity index is 520. The van der Waals surface area contributed by atoms with Crippen LogP contribution in [0.2, 0.25) is 0 Å². The van der Waals surface area contributed by atoms with Gasteiger partial charge in [0.1, 0.15) is 12.4 Å². The smallest absolute Gasteiger partial charge is 0.119 e. The zero-order chi connectivity index (χ0) is 24.9. The average Bonchev–Trinajstić information content (AvgIpc) is 2.89. The lowest BCUT2D eigenvalue weighted by molar-refractivity contribution is -0.0247. The van der Waals surface area contributed by atoms with Gasteiger partial charge in [-0.2, -0.15) is 0 Å². The van der Waals surface area contributed by atoms with Gasteiger partial charge in [-0.25, -0.2) is 0 Å². The fourth-order valence-electron chi connectivity index (χ4n) is 2.52. The van der Waals surface area contributed by atoms with Crippen molar-refractivity contribution in [3.8, 4) is 5.75 Å². The molecule has 0 radical (unpaired) electrons. The topological polar surface area (TPSA) is 92.3 Å². The Morgan fingerprint density at radius 2 is 0.657 bits per heavy atom. The minimum absolute atomic E-state index is 0.522. The third kappa shape index (κ3) is 24.1. The van der Waals surface area contributed by atoms with Crippen molar-refractivity contribution < 1.29 is 47.4 Å². The predicted octanol–water partition coefficient (Wildman–Crippen LogP) is 1.84. The van der Waals surface area contributed by atoms with E-state index in [0.717, 1.165) is 5.75 Å². The Labute approximate surface area is 210 Å². The molecule has 10 nitrogen and oxygen atoms in total. The van der Waals surface area contributed by atoms with E-state index in [1.807, 2.05) is 30.3 Å². The Morgan fingerprint density at radius 1 is 0.371 bits per heavy atom. The summed E-state index contributed by atoms with van der Waals surface area (Å²) in [4.78, 5) is 0. The highest BCUT2D eigenvalue weighted by Crippen LogP contribution is 2.07. The van der Waals surface area contributed by atoms with E-state index in [2.05, 4.69) is 0 Å². The summed E-state index contributed by atoms with van der Waals surface area (Å²) in [6.45, 7) is 9.72. The zero-order valence-electron chi connectivity index (χ0n) is 21.2. The highest BCUT2D eigenvalue weighted by atomic mass is 16.6. The molecule has 0 aliphatic heterocycles. The van der Waals surface area contributed by atoms with Gasteiger partial charge in [0, 0.05) is 7.11 Å². The number of ether oxygens (including phenoxy) is 10. The molecule has 1 rings (SSSR count). The van der Waals surface area contributed by atoms with Crippen molar-refractivity contribution in [1.82, 2.24) is 0 Å². The van der Waals surface area contributed by atoms with Gasteiger partial charge in [0.25, 0.3) is 0 Å². The molecule has 0 fully saturated rings. The largest absolute Gasteiger partial charge is 0.491 e. The fourth-order valence-corrected chi connectivity index (χ4v) is 2.52. The first-order valence-electron chi connectivity index (χ1n) is 12.2. The molecule has 0 saturated carbocycles. The van der Waals surface area contributed by atoms with Crippen molar-refractivity contribution in [1.29, 1.82) is 0 Å². The van der Waals surface area contributed by atoms with Crippen molar-refractivity contribution in [3.05, 3.63) is 30.3 Å². The highest BCUT2D eigenvalue weighted by Gasteiger charge is 1.96. The van der Waals surface area contributed by atoms with Crippen molar-refractivity contribution in [2.75, 3.05) is 126 Å². The van der Waals surface area contributed by atoms with Crippen LogP contribution >= 0.6 is 0 Å². The summed E-state index contributed by atoms with van der Waals surface area (Å²) < 4.78 is 53.8. The lowest BCUT2D eigenvalue weighted by Gasteiger charge is -2.09. The molecule has 0 N–H and O–H groups in total. The number of rotatable bonds is 28. The maximum absolute atomic E-state index is 5.54. The molecule has 0 aliphatic carbocycles. The van der Waals surface area contributed by atoms with Crippen molar-refractivity contribution >= 4 is 0 Å². The summed E-state index contributed by atoms with van der Waals surface area (Å²) in [5.41, 5.74) is 0. The average molecular weight is 505 g/mol. The van der Waals surface area contributed by atoms with Gasteiger partial charge in [0.05, 0.1) is 112 Å². The van der Waals surface area contributed by atoms with Crippen molar-refractivity contribution in [2.45, 2.75) is 0 Å². The van der Waals surface area contributed by atoms with Crippen LogP contribution in [-0.4, -0.2) is 126 Å². The van der Waals surface area contributed by atoms with Gasteiger partial charge in [-0.3, -0.25) is 0 Å². The lowest BCUT2D eigenvalue weighted by Crippen LogP contribution is -2.15. The molecule has 1 aromatic rings. The molecule has 10 heteroatoms. The van der Waals surface area contributed by atoms with Crippen LogP contribution in [0.15, 0.2) is 30.3 Å². The third-order valence-electron chi connectivity index (χ3n) is 4.28. The SMILES string of the molecule is COCCOCCOCCOCCOCCOCCOCCOCCOCCOc1ccccc1. The van der Waals surface area contributed by atoms with Crippen LogP contribution in [0.4, 0.5) is 0 Å². The van der Waals surface area contributed by atoms with Gasteiger partial charge in [-0.05, 0) is 12.1 Å². The van der Waals surface area contributed by atoms with E-state index in [1.54, 1.807) is 7.11 Å². The molecule has 0 aromatic heterocycles. The monoisotopic (exact) mass is 504 g/mol. The molecular weight excluding hydrogens is 460 g/mol. The summed E-state index contributed by atoms with van der Waals surface area (Å²) in [5, 5.41) is 0. The quantitative estimate of drug-likeness (QED) is 0.157. The maximum Gasteiger partial charge on any atom is 0.119 e. The van der Waals surface area contributed by atoms with Crippen LogP contribution < -0.4 is 4.74 Å². The summed E-state index contributed by atoms with van der Waals surface area (Å²) in [5.74, 6) is 0.848. The number of hydrogen-bond acceptors (Lipinski definition) is 10. The first-order valence-corrected chi connectivity index (χ1v) is 12.2. The summed E-state index contributed by atoms with van der Waals surface area (Å²) in [6, 6.07) is 9.68. The number of hydrogen-bond donors (Lipinski definition) is 0. The zero-order valence-corrected chi connectivity index (χ0v) is 21.2. The second-order valence-corrected chi connectivity index (χ2v) is 7.05. The molecule has 35 heavy (non-hydrogen) atoms. The Balaban J connectivity index is 1.63. The first-order chi connectivity index (χ1) is 17.4. The van der Waals surface area contributed by atoms with Crippen LogP contribution in [0.5, 0.6) is 5.75 Å². The van der Waals surface area contributed by atoms with Gasteiger partial charge in [-0.1, -0.05) is 18.2 Å². The normalized spacial score (nSPS) is 11.2. The standard InChI is InChI=1S/C25H44O10/c1-26-7-8-27-9-10-28-11-12-29-13-14-30-15-16-31-17-18-32-19-20-33-21-22-34-23-24-35-25-5-3-2-4-6-25/h2-6H,7-24H2,1H3. The lowest BCUT2D eigenvalue weighted by atomic mass is 10.3. The van der Waals surface area contributed by atoms with E-state index in [1.165, 1.54) is 0 Å². The molecule has 0 spiro atoms. The van der Waals surface area contributed by atoms with E-state index >= 15 is 0 Å². The van der Waals surface area contributed by atoms with E-state index in [9.17, 15) is 0 Å². The molecule has 1 aromatic carbocycles. The summed E-state index contributed by atoms with van der Waals surface area (Å²) >= 11 is 0. The van der Waals surface area contributed by atoms with Gasteiger partial charge in [0.2, 0.25) is 0 Å². The summed E-state index contributed by atoms with van der Waals surface area (Å²) in [7, 11) is 1.65. The highest BCUT2D eigenvalue weighted by molar-refractivity contribution is 5.20. The van der Waals surface area contributed by atoms with Crippen molar-refractivity contribution in [2.24, 2.45) is 0 Å². The molecule has 0 aliphatic rings. The predicted molar refractivity (Wildman–Crippen MR) is 130 cm³/mol. The Hall–Kier alpha value is -1.34. The number of benzene rings is 1. The molecule has 0 saturated heterocycles. The number of methoxy groups -OCH3 is 1. The molecule has 0 atom stereocenters. The number of para-hydroxylation sites is 1. The Kier molecular flexibility index (Phi) is 24.7. The van der Waals surface area contributed by atoms with Crippen LogP contribution in [0.3, 0.4) is 0 Å². The van der Waals surface area contributed by atoms with Gasteiger partial charge >= 0.3 is 0 Å². The third-order valence-corrected chi connectivity index (χ3v) is 4.28. The van der Waals surface area contributed by atoms with Gasteiger partial charge in [-0.15, -0.1) is 0 Å². The molecule has 0 unspecified atom stereocenters. The van der Waals surface area contributed by atoms with Crippen LogP contribution in [0.25, 0.3) is 0 Å². The maximum atomic E-state index is 5.54. The Morgan fingerprint density at radius 3 is 0.971 bits per heavy atom. The van der Waals surface area contributed by atoms with Crippen LogP contribution in [-0.2, 0) is 42.6 Å². The second-order valence-electron chi connectivity index (χ2n) is 7.05. The van der Waals surface area contributed by atoms with Crippen LogP contribution in [0.1, 0.15) is 0 Å². The molecule has 0 amide bonds. The first kappa shape index (κ1) is 31.7. The molecular formula is C25H44O10. The van der Waals surface area contributed by atoms with Crippen molar-refractivity contribution in [3.63, 3.8) is 0 Å². The van der Waals surface area contributed by atoms with Crippen LogP contribution in [0, 0.1) is 0 Å². The van der Waals surface area contributed by atoms with Gasteiger partial charge < -0.3 is 47.4 Å². The molecule has 0 heterocycles. The van der Waals surface area contributed by atoms with E-state index in [4.69, 9.17) is 47.4 Å².